The number of rotatable bonds is 4. The molecule has 2 fully saturated rings. The van der Waals surface area contributed by atoms with Crippen LogP contribution in [-0.2, 0) is 24.9 Å². The van der Waals surface area contributed by atoms with Gasteiger partial charge in [-0.1, -0.05) is 0 Å². The summed E-state index contributed by atoms with van der Waals surface area (Å²) >= 11 is 1.78. The van der Waals surface area contributed by atoms with E-state index in [4.69, 9.17) is 4.74 Å². The van der Waals surface area contributed by atoms with Gasteiger partial charge in [-0.15, -0.1) is 0 Å². The van der Waals surface area contributed by atoms with Gasteiger partial charge in [0.05, 0.1) is 24.9 Å². The summed E-state index contributed by atoms with van der Waals surface area (Å²) in [6.07, 6.45) is 4.44. The number of likely N-dealkylation sites (tertiary alicyclic amines) is 1. The van der Waals surface area contributed by atoms with Gasteiger partial charge in [0.1, 0.15) is 0 Å². The first kappa shape index (κ1) is 14.4. The van der Waals surface area contributed by atoms with E-state index in [-0.39, 0.29) is 0 Å². The largest absolute Gasteiger partial charge is 0.374 e. The van der Waals surface area contributed by atoms with E-state index in [2.05, 4.69) is 37.9 Å². The molecular formula is C16H22N4OS. The summed E-state index contributed by atoms with van der Waals surface area (Å²) in [6.45, 7) is 6.02. The van der Waals surface area contributed by atoms with Crippen molar-refractivity contribution >= 4 is 11.3 Å². The first-order valence-corrected chi connectivity index (χ1v) is 8.79. The second-order valence-corrected chi connectivity index (χ2v) is 7.08. The number of aryl methyl sites for hydroxylation is 1. The highest BCUT2D eigenvalue weighted by Gasteiger charge is 2.39. The van der Waals surface area contributed by atoms with Gasteiger partial charge in [0.2, 0.25) is 0 Å². The number of fused-ring (bicyclic) bond motifs is 1. The van der Waals surface area contributed by atoms with Crippen LogP contribution in [0.15, 0.2) is 29.2 Å². The summed E-state index contributed by atoms with van der Waals surface area (Å²) in [5.74, 6) is 0. The lowest BCUT2D eigenvalue weighted by molar-refractivity contribution is -0.0504. The highest BCUT2D eigenvalue weighted by Crippen LogP contribution is 2.26. The van der Waals surface area contributed by atoms with Gasteiger partial charge in [-0.25, -0.2) is 0 Å². The summed E-state index contributed by atoms with van der Waals surface area (Å²) in [6, 6.07) is 2.73. The molecule has 0 radical (unpaired) electrons. The van der Waals surface area contributed by atoms with Crippen molar-refractivity contribution in [1.82, 2.24) is 19.6 Å². The Hall–Kier alpha value is -1.21. The third-order valence-electron chi connectivity index (χ3n) is 4.62. The fourth-order valence-electron chi connectivity index (χ4n) is 3.59. The second kappa shape index (κ2) is 6.12. The molecule has 0 saturated carbocycles. The van der Waals surface area contributed by atoms with Gasteiger partial charge in [-0.3, -0.25) is 14.5 Å². The molecular weight excluding hydrogens is 296 g/mol. The van der Waals surface area contributed by atoms with Gasteiger partial charge in [0, 0.05) is 51.5 Å². The molecule has 118 valence electrons. The van der Waals surface area contributed by atoms with Gasteiger partial charge in [-0.05, 0) is 22.4 Å². The second-order valence-electron chi connectivity index (χ2n) is 6.29. The molecule has 5 nitrogen and oxygen atoms in total. The lowest BCUT2D eigenvalue weighted by Gasteiger charge is -2.36. The van der Waals surface area contributed by atoms with E-state index in [1.807, 2.05) is 17.9 Å². The third kappa shape index (κ3) is 2.96. The van der Waals surface area contributed by atoms with Crippen molar-refractivity contribution in [3.05, 3.63) is 40.3 Å². The maximum Gasteiger partial charge on any atom is 0.0870 e. The summed E-state index contributed by atoms with van der Waals surface area (Å²) in [4.78, 5) is 5.09. The molecule has 0 N–H and O–H groups in total. The van der Waals surface area contributed by atoms with E-state index in [9.17, 15) is 0 Å². The number of hydrogen-bond donors (Lipinski definition) is 0. The van der Waals surface area contributed by atoms with Gasteiger partial charge in [0.25, 0.3) is 0 Å². The predicted molar refractivity (Wildman–Crippen MR) is 86.7 cm³/mol. The van der Waals surface area contributed by atoms with Gasteiger partial charge in [-0.2, -0.15) is 16.4 Å². The molecule has 2 aromatic heterocycles. The standard InChI is InChI=1S/C16H22N4OS/c1-18-7-14(6-17-18)9-20-3-4-21-16-11-19(10-15(16)20)8-13-2-5-22-12-13/h2,5-7,12,15-16H,3-4,8-11H2,1H3/t15-,16+/m1/s1. The fourth-order valence-corrected chi connectivity index (χ4v) is 4.25. The number of ether oxygens (including phenoxy) is 1. The van der Waals surface area contributed by atoms with Crippen molar-refractivity contribution < 1.29 is 4.74 Å². The Morgan fingerprint density at radius 2 is 2.27 bits per heavy atom. The van der Waals surface area contributed by atoms with Crippen molar-refractivity contribution in [1.29, 1.82) is 0 Å². The SMILES string of the molecule is Cn1cc(CN2CCO[C@H]3CN(Cc4ccsc4)C[C@H]32)cn1. The molecule has 0 aromatic carbocycles. The van der Waals surface area contributed by atoms with Gasteiger partial charge < -0.3 is 4.74 Å². The Morgan fingerprint density at radius 1 is 1.32 bits per heavy atom. The van der Waals surface area contributed by atoms with Crippen molar-refractivity contribution in [2.75, 3.05) is 26.2 Å². The first-order chi connectivity index (χ1) is 10.8. The lowest BCUT2D eigenvalue weighted by Crippen LogP contribution is -2.50. The molecule has 2 aliphatic rings. The van der Waals surface area contributed by atoms with E-state index in [1.54, 1.807) is 11.3 Å². The molecule has 22 heavy (non-hydrogen) atoms. The normalized spacial score (nSPS) is 26.4. The number of morpholine rings is 1. The van der Waals surface area contributed by atoms with E-state index < -0.39 is 0 Å². The number of aromatic nitrogens is 2. The van der Waals surface area contributed by atoms with Gasteiger partial charge in [0.15, 0.2) is 0 Å². The first-order valence-electron chi connectivity index (χ1n) is 7.84. The fraction of sp³-hybridized carbons (Fsp3) is 0.562. The van der Waals surface area contributed by atoms with Crippen molar-refractivity contribution in [2.45, 2.75) is 25.2 Å². The number of hydrogen-bond acceptors (Lipinski definition) is 5. The molecule has 4 heterocycles. The van der Waals surface area contributed by atoms with Gasteiger partial charge >= 0.3 is 0 Å². The minimum absolute atomic E-state index is 0.351. The topological polar surface area (TPSA) is 33.5 Å². The zero-order chi connectivity index (χ0) is 14.9. The quantitative estimate of drug-likeness (QED) is 0.857. The summed E-state index contributed by atoms with van der Waals surface area (Å²) in [5, 5.41) is 8.68. The molecule has 2 saturated heterocycles. The molecule has 0 bridgehead atoms. The van der Waals surface area contributed by atoms with Crippen LogP contribution >= 0.6 is 11.3 Å². The highest BCUT2D eigenvalue weighted by molar-refractivity contribution is 7.07. The van der Waals surface area contributed by atoms with Crippen LogP contribution in [0.1, 0.15) is 11.1 Å². The molecule has 2 atom stereocenters. The monoisotopic (exact) mass is 318 g/mol. The van der Waals surface area contributed by atoms with Crippen molar-refractivity contribution in [2.24, 2.45) is 7.05 Å². The van der Waals surface area contributed by atoms with Crippen molar-refractivity contribution in [3.8, 4) is 0 Å². The molecule has 0 amide bonds. The Bertz CT molecular complexity index is 611. The smallest absolute Gasteiger partial charge is 0.0870 e. The van der Waals surface area contributed by atoms with Crippen LogP contribution in [0.3, 0.4) is 0 Å². The zero-order valence-electron chi connectivity index (χ0n) is 12.9. The summed E-state index contributed by atoms with van der Waals surface area (Å²) in [5.41, 5.74) is 2.71. The maximum atomic E-state index is 6.02. The van der Waals surface area contributed by atoms with E-state index in [0.717, 1.165) is 39.3 Å². The Kier molecular flexibility index (Phi) is 4.00. The molecule has 4 rings (SSSR count). The van der Waals surface area contributed by atoms with Crippen LogP contribution in [0.2, 0.25) is 0 Å². The van der Waals surface area contributed by atoms with Crippen LogP contribution in [0.4, 0.5) is 0 Å². The van der Waals surface area contributed by atoms with Crippen LogP contribution in [0.25, 0.3) is 0 Å². The van der Waals surface area contributed by atoms with Crippen molar-refractivity contribution in [3.63, 3.8) is 0 Å². The highest BCUT2D eigenvalue weighted by atomic mass is 32.1. The zero-order valence-corrected chi connectivity index (χ0v) is 13.7. The maximum absolute atomic E-state index is 6.02. The lowest BCUT2D eigenvalue weighted by atomic mass is 10.1. The molecule has 0 spiro atoms. The Labute approximate surface area is 135 Å². The number of nitrogens with zero attached hydrogens (tertiary/aromatic N) is 4. The Balaban J connectivity index is 1.42. The number of thiophene rings is 1. The summed E-state index contributed by atoms with van der Waals surface area (Å²) < 4.78 is 7.90. The van der Waals surface area contributed by atoms with Crippen LogP contribution in [0, 0.1) is 0 Å². The molecule has 2 aromatic rings. The minimum Gasteiger partial charge on any atom is -0.374 e. The molecule has 0 aliphatic carbocycles. The van der Waals surface area contributed by atoms with Crippen LogP contribution in [-0.4, -0.2) is 58.0 Å². The molecule has 6 heteroatoms. The van der Waals surface area contributed by atoms with E-state index >= 15 is 0 Å². The average molecular weight is 318 g/mol. The third-order valence-corrected chi connectivity index (χ3v) is 5.35. The average Bonchev–Trinajstić information content (AvgIpc) is 3.21. The van der Waals surface area contributed by atoms with E-state index in [1.165, 1.54) is 11.1 Å². The molecule has 2 aliphatic heterocycles. The predicted octanol–water partition coefficient (Wildman–Crippen LogP) is 1.57. The summed E-state index contributed by atoms with van der Waals surface area (Å²) in [7, 11) is 1.98. The Morgan fingerprint density at radius 3 is 3.05 bits per heavy atom. The minimum atomic E-state index is 0.351. The van der Waals surface area contributed by atoms with Crippen LogP contribution in [0.5, 0.6) is 0 Å². The molecule has 0 unspecified atom stereocenters. The van der Waals surface area contributed by atoms with Crippen LogP contribution < -0.4 is 0 Å². The van der Waals surface area contributed by atoms with E-state index in [0.29, 0.717) is 12.1 Å².